The van der Waals surface area contributed by atoms with E-state index in [9.17, 15) is 4.79 Å². The van der Waals surface area contributed by atoms with Crippen molar-refractivity contribution in [1.29, 1.82) is 5.26 Å². The van der Waals surface area contributed by atoms with Gasteiger partial charge in [0.05, 0.1) is 6.07 Å². The van der Waals surface area contributed by atoms with E-state index in [2.05, 4.69) is 37.4 Å². The first-order valence-corrected chi connectivity index (χ1v) is 6.58. The van der Waals surface area contributed by atoms with Crippen molar-refractivity contribution in [3.63, 3.8) is 0 Å². The molecule has 0 fully saturated rings. The topological polar surface area (TPSA) is 52.9 Å². The minimum Gasteiger partial charge on any atom is -0.350 e. The monoisotopic (exact) mass is 258 g/mol. The summed E-state index contributed by atoms with van der Waals surface area (Å²) in [6, 6.07) is 8.31. The van der Waals surface area contributed by atoms with Crippen LogP contribution in [0.4, 0.5) is 0 Å². The lowest BCUT2D eigenvalue weighted by molar-refractivity contribution is -0.121. The molecule has 0 radical (unpaired) electrons. The summed E-state index contributed by atoms with van der Waals surface area (Å²) in [5, 5.41) is 11.4. The van der Waals surface area contributed by atoms with E-state index in [4.69, 9.17) is 5.26 Å². The van der Waals surface area contributed by atoms with Crippen LogP contribution in [0.15, 0.2) is 18.2 Å². The first-order valence-electron chi connectivity index (χ1n) is 6.58. The van der Waals surface area contributed by atoms with E-state index in [-0.39, 0.29) is 17.9 Å². The summed E-state index contributed by atoms with van der Waals surface area (Å²) in [6.45, 7) is 8.18. The Bertz CT molecular complexity index is 498. The van der Waals surface area contributed by atoms with Crippen molar-refractivity contribution in [3.8, 4) is 6.07 Å². The highest BCUT2D eigenvalue weighted by Gasteiger charge is 2.20. The maximum absolute atomic E-state index is 11.5. The number of nitriles is 1. The smallest absolute Gasteiger partial charge is 0.234 e. The number of aryl methyl sites for hydroxylation is 3. The Morgan fingerprint density at radius 1 is 1.37 bits per heavy atom. The van der Waals surface area contributed by atoms with Gasteiger partial charge in [0.1, 0.15) is 6.42 Å². The second-order valence-corrected chi connectivity index (χ2v) is 5.70. The number of nitrogens with zero attached hydrogens (tertiary/aromatic N) is 1. The standard InChI is InChI=1S/C16H22N2O/c1-12-5-6-13(2)14(11-12)7-9-16(3,4)18-15(19)8-10-17/h5-6,11H,7-9H2,1-4H3,(H,18,19). The number of carbonyl (C=O) groups excluding carboxylic acids is 1. The van der Waals surface area contributed by atoms with Gasteiger partial charge in [0.25, 0.3) is 0 Å². The van der Waals surface area contributed by atoms with Gasteiger partial charge in [-0.25, -0.2) is 0 Å². The van der Waals surface area contributed by atoms with Gasteiger partial charge in [0.2, 0.25) is 5.91 Å². The van der Waals surface area contributed by atoms with Crippen LogP contribution in [0.5, 0.6) is 0 Å². The molecule has 0 heterocycles. The average Bonchev–Trinajstić information content (AvgIpc) is 2.30. The van der Waals surface area contributed by atoms with Crippen molar-refractivity contribution in [3.05, 3.63) is 34.9 Å². The molecule has 0 saturated heterocycles. The fourth-order valence-electron chi connectivity index (χ4n) is 2.07. The first-order chi connectivity index (χ1) is 8.84. The van der Waals surface area contributed by atoms with E-state index in [1.807, 2.05) is 19.9 Å². The van der Waals surface area contributed by atoms with E-state index < -0.39 is 0 Å². The molecule has 0 bridgehead atoms. The highest BCUT2D eigenvalue weighted by Crippen LogP contribution is 2.17. The van der Waals surface area contributed by atoms with Crippen LogP contribution in [-0.2, 0) is 11.2 Å². The lowest BCUT2D eigenvalue weighted by atomic mass is 9.92. The van der Waals surface area contributed by atoms with Crippen LogP contribution in [0.2, 0.25) is 0 Å². The minimum atomic E-state index is -0.288. The Morgan fingerprint density at radius 2 is 2.05 bits per heavy atom. The van der Waals surface area contributed by atoms with E-state index in [1.54, 1.807) is 0 Å². The summed E-state index contributed by atoms with van der Waals surface area (Å²) in [4.78, 5) is 11.5. The summed E-state index contributed by atoms with van der Waals surface area (Å²) >= 11 is 0. The van der Waals surface area contributed by atoms with Crippen molar-refractivity contribution in [2.45, 2.75) is 52.5 Å². The van der Waals surface area contributed by atoms with Gasteiger partial charge in [0.15, 0.2) is 0 Å². The van der Waals surface area contributed by atoms with E-state index in [0.717, 1.165) is 12.8 Å². The molecule has 3 nitrogen and oxygen atoms in total. The molecule has 1 aromatic carbocycles. The molecule has 1 rings (SSSR count). The summed E-state index contributed by atoms with van der Waals surface area (Å²) < 4.78 is 0. The van der Waals surface area contributed by atoms with Crippen molar-refractivity contribution in [2.75, 3.05) is 0 Å². The molecule has 0 aromatic heterocycles. The Labute approximate surface area is 115 Å². The summed E-state index contributed by atoms with van der Waals surface area (Å²) in [5.74, 6) is -0.200. The second kappa shape index (κ2) is 6.38. The van der Waals surface area contributed by atoms with Gasteiger partial charge in [-0.3, -0.25) is 4.79 Å². The van der Waals surface area contributed by atoms with E-state index >= 15 is 0 Å². The zero-order valence-electron chi connectivity index (χ0n) is 12.2. The highest BCUT2D eigenvalue weighted by molar-refractivity contribution is 5.78. The molecule has 19 heavy (non-hydrogen) atoms. The predicted molar refractivity (Wildman–Crippen MR) is 76.7 cm³/mol. The van der Waals surface area contributed by atoms with Crippen LogP contribution in [0.3, 0.4) is 0 Å². The molecule has 0 unspecified atom stereocenters. The fourth-order valence-corrected chi connectivity index (χ4v) is 2.07. The molecule has 3 heteroatoms. The highest BCUT2D eigenvalue weighted by atomic mass is 16.1. The number of hydrogen-bond acceptors (Lipinski definition) is 2. The Balaban J connectivity index is 2.62. The van der Waals surface area contributed by atoms with Gasteiger partial charge in [0, 0.05) is 5.54 Å². The SMILES string of the molecule is Cc1ccc(C)c(CCC(C)(C)NC(=O)CC#N)c1. The maximum Gasteiger partial charge on any atom is 0.234 e. The molecule has 0 aliphatic heterocycles. The minimum absolute atomic E-state index is 0.0765. The van der Waals surface area contributed by atoms with Crippen molar-refractivity contribution < 1.29 is 4.79 Å². The van der Waals surface area contributed by atoms with Crippen LogP contribution in [0.25, 0.3) is 0 Å². The van der Waals surface area contributed by atoms with Gasteiger partial charge in [-0.1, -0.05) is 23.8 Å². The van der Waals surface area contributed by atoms with Gasteiger partial charge < -0.3 is 5.32 Å². The zero-order chi connectivity index (χ0) is 14.5. The van der Waals surface area contributed by atoms with Gasteiger partial charge in [-0.15, -0.1) is 0 Å². The predicted octanol–water partition coefficient (Wildman–Crippen LogP) is 3.04. The van der Waals surface area contributed by atoms with Crippen molar-refractivity contribution in [1.82, 2.24) is 5.32 Å². The summed E-state index contributed by atoms with van der Waals surface area (Å²) in [6.07, 6.45) is 1.70. The molecule has 102 valence electrons. The Morgan fingerprint density at radius 3 is 2.68 bits per heavy atom. The van der Waals surface area contributed by atoms with Crippen LogP contribution in [0, 0.1) is 25.2 Å². The van der Waals surface area contributed by atoms with E-state index in [1.165, 1.54) is 16.7 Å². The zero-order valence-corrected chi connectivity index (χ0v) is 12.2. The number of rotatable bonds is 5. The lowest BCUT2D eigenvalue weighted by Crippen LogP contribution is -2.43. The third-order valence-electron chi connectivity index (χ3n) is 3.24. The Hall–Kier alpha value is -1.82. The normalized spacial score (nSPS) is 10.9. The first kappa shape index (κ1) is 15.2. The molecular weight excluding hydrogens is 236 g/mol. The lowest BCUT2D eigenvalue weighted by Gasteiger charge is -2.26. The average molecular weight is 258 g/mol. The number of benzene rings is 1. The number of amides is 1. The molecule has 1 aromatic rings. The van der Waals surface area contributed by atoms with Crippen LogP contribution < -0.4 is 5.32 Å². The number of nitrogens with one attached hydrogen (secondary N) is 1. The molecule has 0 atom stereocenters. The maximum atomic E-state index is 11.5. The van der Waals surface area contributed by atoms with Crippen molar-refractivity contribution in [2.24, 2.45) is 0 Å². The second-order valence-electron chi connectivity index (χ2n) is 5.70. The van der Waals surface area contributed by atoms with Crippen LogP contribution in [-0.4, -0.2) is 11.4 Å². The van der Waals surface area contributed by atoms with Gasteiger partial charge in [-0.2, -0.15) is 5.26 Å². The van der Waals surface area contributed by atoms with Crippen LogP contribution in [0.1, 0.15) is 43.4 Å². The van der Waals surface area contributed by atoms with Crippen molar-refractivity contribution >= 4 is 5.91 Å². The third-order valence-corrected chi connectivity index (χ3v) is 3.24. The molecule has 0 aliphatic carbocycles. The third kappa shape index (κ3) is 5.13. The van der Waals surface area contributed by atoms with E-state index in [0.29, 0.717) is 0 Å². The quantitative estimate of drug-likeness (QED) is 0.882. The molecule has 1 amide bonds. The largest absolute Gasteiger partial charge is 0.350 e. The Kier molecular flexibility index (Phi) is 5.11. The van der Waals surface area contributed by atoms with Gasteiger partial charge in [-0.05, 0) is 51.7 Å². The molecule has 0 saturated carbocycles. The molecule has 1 N–H and O–H groups in total. The summed E-state index contributed by atoms with van der Waals surface area (Å²) in [5.41, 5.74) is 3.57. The fraction of sp³-hybridized carbons (Fsp3) is 0.500. The molecular formula is C16H22N2O. The molecule has 0 spiro atoms. The van der Waals surface area contributed by atoms with Gasteiger partial charge >= 0.3 is 0 Å². The number of carbonyl (C=O) groups is 1. The van der Waals surface area contributed by atoms with Crippen LogP contribution >= 0.6 is 0 Å². The summed E-state index contributed by atoms with van der Waals surface area (Å²) in [7, 11) is 0. The molecule has 0 aliphatic rings. The number of hydrogen-bond donors (Lipinski definition) is 1.